The van der Waals surface area contributed by atoms with E-state index in [-0.39, 0.29) is 36.2 Å². The quantitative estimate of drug-likeness (QED) is 0.0543. The summed E-state index contributed by atoms with van der Waals surface area (Å²) in [5.74, 6) is 0.0308. The second-order valence-electron chi connectivity index (χ2n) is 11.1. The number of unbranched alkanes of at least 4 members (excludes halogenated alkanes) is 18. The van der Waals surface area contributed by atoms with Crippen molar-refractivity contribution in [3.8, 4) is 0 Å². The predicted octanol–water partition coefficient (Wildman–Crippen LogP) is 10.5. The molecule has 37 heavy (non-hydrogen) atoms. The molecule has 0 saturated heterocycles. The van der Waals surface area contributed by atoms with Gasteiger partial charge in [-0.2, -0.15) is 0 Å². The van der Waals surface area contributed by atoms with Gasteiger partial charge in [-0.3, -0.25) is 14.4 Å². The van der Waals surface area contributed by atoms with E-state index in [1.165, 1.54) is 83.5 Å². The van der Waals surface area contributed by atoms with Gasteiger partial charge in [-0.25, -0.2) is 0 Å². The molecule has 0 spiro atoms. The van der Waals surface area contributed by atoms with Gasteiger partial charge in [0.15, 0.2) is 11.6 Å². The third-order valence-electron chi connectivity index (χ3n) is 7.55. The lowest BCUT2D eigenvalue weighted by atomic mass is 9.85. The Bertz CT molecular complexity index is 534. The highest BCUT2D eigenvalue weighted by atomic mass is 35.5. The largest absolute Gasteiger partial charge is 0.300 e. The average Bonchev–Trinajstić information content (AvgIpc) is 2.86. The third-order valence-corrected chi connectivity index (χ3v) is 8.39. The summed E-state index contributed by atoms with van der Waals surface area (Å²) in [7, 11) is 2.57. The van der Waals surface area contributed by atoms with Gasteiger partial charge >= 0.3 is 0 Å². The molecule has 0 fully saturated rings. The van der Waals surface area contributed by atoms with Crippen LogP contribution >= 0.6 is 21.6 Å². The second-order valence-corrected chi connectivity index (χ2v) is 12.1. The Hall–Kier alpha value is -0.270. The van der Waals surface area contributed by atoms with E-state index < -0.39 is 5.16 Å². The molecule has 220 valence electrons. The van der Waals surface area contributed by atoms with E-state index in [4.69, 9.17) is 0 Å². The van der Waals surface area contributed by atoms with Crippen LogP contribution < -0.4 is 0 Å². The van der Waals surface area contributed by atoms with E-state index >= 15 is 0 Å². The maximum absolute atomic E-state index is 13.3. The number of rotatable bonds is 28. The van der Waals surface area contributed by atoms with Gasteiger partial charge in [-0.1, -0.05) is 136 Å². The summed E-state index contributed by atoms with van der Waals surface area (Å²) in [6, 6.07) is 0. The molecular weight excluding hydrogens is 499 g/mol. The zero-order valence-corrected chi connectivity index (χ0v) is 26.9. The van der Waals surface area contributed by atoms with Gasteiger partial charge < -0.3 is 0 Å². The van der Waals surface area contributed by atoms with Crippen LogP contribution in [0.4, 0.5) is 0 Å². The maximum Gasteiger partial charge on any atom is 0.150 e. The van der Waals surface area contributed by atoms with Crippen molar-refractivity contribution >= 4 is 39.0 Å². The number of carbonyl (C=O) groups is 3. The number of carbonyl (C=O) groups excluding carboxylic acids is 3. The molecule has 0 aromatic carbocycles. The first-order valence-corrected chi connectivity index (χ1v) is 16.4. The van der Waals surface area contributed by atoms with E-state index in [2.05, 4.69) is 30.0 Å². The van der Waals surface area contributed by atoms with Gasteiger partial charge in [0.1, 0.15) is 10.9 Å². The highest BCUT2D eigenvalue weighted by molar-refractivity contribution is 7.23. The van der Waals surface area contributed by atoms with Crippen molar-refractivity contribution < 1.29 is 14.4 Å². The van der Waals surface area contributed by atoms with Crippen molar-refractivity contribution in [2.45, 2.75) is 186 Å². The summed E-state index contributed by atoms with van der Waals surface area (Å²) in [6.45, 7) is 6.66. The van der Waals surface area contributed by atoms with Crippen LogP contribution in [0.5, 0.6) is 0 Å². The summed E-state index contributed by atoms with van der Waals surface area (Å²) in [5, 5.41) is -1.19. The smallest absolute Gasteiger partial charge is 0.150 e. The monoisotopic (exact) mass is 560 g/mol. The Morgan fingerprint density at radius 2 is 0.730 bits per heavy atom. The number of halogens is 1. The van der Waals surface area contributed by atoms with Crippen molar-refractivity contribution in [1.82, 2.24) is 0 Å². The molecule has 0 aliphatic carbocycles. The third kappa shape index (κ3) is 21.3. The van der Waals surface area contributed by atoms with Crippen molar-refractivity contribution in [1.29, 1.82) is 0 Å². The molecule has 0 radical (unpaired) electrons. The van der Waals surface area contributed by atoms with Crippen LogP contribution in [0.3, 0.4) is 0 Å². The average molecular weight is 561 g/mol. The molecule has 1 unspecified atom stereocenters. The Labute approximate surface area is 239 Å². The van der Waals surface area contributed by atoms with Crippen LogP contribution in [-0.4, -0.2) is 22.5 Å². The van der Waals surface area contributed by atoms with Crippen molar-refractivity contribution in [2.75, 3.05) is 0 Å². The lowest BCUT2D eigenvalue weighted by molar-refractivity contribution is -0.134. The molecule has 0 heterocycles. The highest BCUT2D eigenvalue weighted by Gasteiger charge is 2.41. The zero-order chi connectivity index (χ0) is 26.9. The fourth-order valence-electron chi connectivity index (χ4n) is 4.96. The highest BCUT2D eigenvalue weighted by Crippen LogP contribution is 2.31. The first kappa shape index (κ1) is 38.9. The zero-order valence-electron chi connectivity index (χ0n) is 24.9. The number of Topliss-reactive ketones (excluding diaryl/α,β-unsaturated/α-hetero) is 3. The molecular formula is C32H62ClO3P. The van der Waals surface area contributed by atoms with Crippen LogP contribution in [-0.2, 0) is 14.4 Å². The lowest BCUT2D eigenvalue weighted by Gasteiger charge is -2.26. The Morgan fingerprint density at radius 1 is 0.459 bits per heavy atom. The number of ketones is 3. The van der Waals surface area contributed by atoms with Crippen LogP contribution in [0.2, 0.25) is 0 Å². The molecule has 0 aromatic rings. The molecule has 5 heteroatoms. The van der Waals surface area contributed by atoms with Gasteiger partial charge in [0.25, 0.3) is 0 Å². The molecule has 3 nitrogen and oxygen atoms in total. The first-order chi connectivity index (χ1) is 17.4. The number of hydrogen-bond donors (Lipinski definition) is 0. The van der Waals surface area contributed by atoms with E-state index in [0.717, 1.165) is 51.4 Å². The van der Waals surface area contributed by atoms with Gasteiger partial charge in [-0.05, 0) is 19.3 Å². The van der Waals surface area contributed by atoms with Gasteiger partial charge in [0, 0.05) is 25.7 Å². The molecule has 0 aliphatic heterocycles. The standard InChI is InChI=1S/C32H61O3P.ClH/c1-4-7-10-13-16-19-22-25-29(33)28-32(36,30(34)26-23-20-17-14-11-8-5-2)31(35)27-24-21-18-15-12-9-6-3;/h4-28,36H2,1-3H3;1H. The fourth-order valence-corrected chi connectivity index (χ4v) is 5.48. The van der Waals surface area contributed by atoms with Crippen LogP contribution in [0.15, 0.2) is 0 Å². The predicted molar refractivity (Wildman–Crippen MR) is 167 cm³/mol. The topological polar surface area (TPSA) is 51.2 Å². The summed E-state index contributed by atoms with van der Waals surface area (Å²) >= 11 is 0. The van der Waals surface area contributed by atoms with E-state index in [9.17, 15) is 14.4 Å². The van der Waals surface area contributed by atoms with Crippen LogP contribution in [0.1, 0.15) is 181 Å². The number of hydrogen-bond acceptors (Lipinski definition) is 3. The molecule has 0 amide bonds. The maximum atomic E-state index is 13.3. The Kier molecular flexibility index (Phi) is 28.7. The van der Waals surface area contributed by atoms with Crippen molar-refractivity contribution in [3.05, 3.63) is 0 Å². The summed E-state index contributed by atoms with van der Waals surface area (Å²) in [4.78, 5) is 39.4. The van der Waals surface area contributed by atoms with Gasteiger partial charge in [0.05, 0.1) is 0 Å². The summed E-state index contributed by atoms with van der Waals surface area (Å²) < 4.78 is 0. The van der Waals surface area contributed by atoms with E-state index in [1.807, 2.05) is 0 Å². The normalized spacial score (nSPS) is 11.4. The minimum Gasteiger partial charge on any atom is -0.300 e. The Morgan fingerprint density at radius 3 is 1.05 bits per heavy atom. The van der Waals surface area contributed by atoms with Gasteiger partial charge in [0.2, 0.25) is 0 Å². The fraction of sp³-hybridized carbons (Fsp3) is 0.906. The van der Waals surface area contributed by atoms with Crippen molar-refractivity contribution in [2.24, 2.45) is 0 Å². The van der Waals surface area contributed by atoms with Crippen LogP contribution in [0, 0.1) is 0 Å². The Balaban J connectivity index is 0. The lowest BCUT2D eigenvalue weighted by Crippen LogP contribution is -2.42. The van der Waals surface area contributed by atoms with E-state index in [0.29, 0.717) is 19.3 Å². The minimum atomic E-state index is -1.19. The SMILES string of the molecule is CCCCCCCCCC(=O)CC(P)(C(=O)CCCCCCCCC)C(=O)CCCCCCCCC.Cl. The molecule has 0 bridgehead atoms. The molecule has 0 aromatic heterocycles. The molecule has 0 rings (SSSR count). The van der Waals surface area contributed by atoms with Gasteiger partial charge in [-0.15, -0.1) is 21.6 Å². The van der Waals surface area contributed by atoms with Crippen molar-refractivity contribution in [3.63, 3.8) is 0 Å². The first-order valence-electron chi connectivity index (χ1n) is 15.8. The molecule has 0 saturated carbocycles. The summed E-state index contributed by atoms with van der Waals surface area (Å²) in [5.41, 5.74) is 0. The molecule has 1 atom stereocenters. The van der Waals surface area contributed by atoms with Crippen LogP contribution in [0.25, 0.3) is 0 Å². The summed E-state index contributed by atoms with van der Waals surface area (Å²) in [6.07, 6.45) is 25.6. The molecule has 0 N–H and O–H groups in total. The second kappa shape index (κ2) is 27.3. The van der Waals surface area contributed by atoms with E-state index in [1.54, 1.807) is 0 Å². The molecule has 0 aliphatic rings. The minimum absolute atomic E-state index is 0.